The molecular formula is C17H27NO2. The first-order chi connectivity index (χ1) is 9.69. The minimum absolute atomic E-state index is 0.137. The number of carbonyl (C=O) groups is 1. The Balaban J connectivity index is 0.000000286. The zero-order valence-electron chi connectivity index (χ0n) is 13.0. The molecular weight excluding hydrogens is 250 g/mol. The topological polar surface area (TPSA) is 29.5 Å². The van der Waals surface area contributed by atoms with Gasteiger partial charge in [-0.1, -0.05) is 6.92 Å². The predicted octanol–water partition coefficient (Wildman–Crippen LogP) is 3.92. The van der Waals surface area contributed by atoms with Gasteiger partial charge in [0.05, 0.1) is 0 Å². The molecule has 3 heteroatoms. The Bertz CT molecular complexity index is 376. The standard InChI is InChI=1S/C12H15NO.C5H12O/c1-10(14)11-4-6-12(7-5-11)13-8-2-3-9-13;1-3-5-6-4-2/h4-7H,2-3,8-9H2,1H3;3-5H2,1-2H3. The molecule has 1 heterocycles. The van der Waals surface area contributed by atoms with E-state index in [1.54, 1.807) is 6.92 Å². The molecule has 0 N–H and O–H groups in total. The molecule has 3 nitrogen and oxygen atoms in total. The highest BCUT2D eigenvalue weighted by Gasteiger charge is 2.11. The maximum atomic E-state index is 11.1. The van der Waals surface area contributed by atoms with E-state index in [0.29, 0.717) is 0 Å². The molecule has 1 aliphatic rings. The smallest absolute Gasteiger partial charge is 0.159 e. The summed E-state index contributed by atoms with van der Waals surface area (Å²) in [5, 5.41) is 0. The van der Waals surface area contributed by atoms with Crippen LogP contribution in [0, 0.1) is 0 Å². The lowest BCUT2D eigenvalue weighted by Crippen LogP contribution is -2.17. The van der Waals surface area contributed by atoms with Gasteiger partial charge in [0, 0.05) is 37.6 Å². The molecule has 0 unspecified atom stereocenters. The van der Waals surface area contributed by atoms with Gasteiger partial charge in [-0.2, -0.15) is 0 Å². The number of carbonyl (C=O) groups excluding carboxylic acids is 1. The van der Waals surface area contributed by atoms with Gasteiger partial charge in [0.2, 0.25) is 0 Å². The molecule has 1 aliphatic heterocycles. The summed E-state index contributed by atoms with van der Waals surface area (Å²) in [6, 6.07) is 7.91. The normalized spacial score (nSPS) is 13.8. The third-order valence-corrected chi connectivity index (χ3v) is 3.30. The van der Waals surface area contributed by atoms with Crippen LogP contribution in [0.3, 0.4) is 0 Å². The summed E-state index contributed by atoms with van der Waals surface area (Å²) in [6.45, 7) is 9.79. The zero-order chi connectivity index (χ0) is 14.8. The maximum absolute atomic E-state index is 11.1. The summed E-state index contributed by atoms with van der Waals surface area (Å²) in [5.41, 5.74) is 2.04. The minimum atomic E-state index is 0.137. The van der Waals surface area contributed by atoms with Gasteiger partial charge >= 0.3 is 0 Å². The SMILES string of the molecule is CC(=O)c1ccc(N2CCCC2)cc1.CCCOCC. The summed E-state index contributed by atoms with van der Waals surface area (Å²) in [5.74, 6) is 0.137. The van der Waals surface area contributed by atoms with Crippen molar-refractivity contribution in [2.45, 2.75) is 40.0 Å². The Labute approximate surface area is 122 Å². The van der Waals surface area contributed by atoms with Crippen LogP contribution in [0.15, 0.2) is 24.3 Å². The number of hydrogen-bond acceptors (Lipinski definition) is 3. The number of nitrogens with zero attached hydrogens (tertiary/aromatic N) is 1. The first-order valence-corrected chi connectivity index (χ1v) is 7.62. The van der Waals surface area contributed by atoms with Crippen molar-refractivity contribution in [2.75, 3.05) is 31.2 Å². The third-order valence-electron chi connectivity index (χ3n) is 3.30. The van der Waals surface area contributed by atoms with E-state index in [9.17, 15) is 4.79 Å². The van der Waals surface area contributed by atoms with E-state index in [1.165, 1.54) is 18.5 Å². The molecule has 0 saturated carbocycles. The molecule has 1 fully saturated rings. The molecule has 20 heavy (non-hydrogen) atoms. The molecule has 0 aliphatic carbocycles. The molecule has 2 rings (SSSR count). The second-order valence-corrected chi connectivity index (χ2v) is 4.99. The van der Waals surface area contributed by atoms with Gasteiger partial charge in [0.1, 0.15) is 0 Å². The quantitative estimate of drug-likeness (QED) is 0.603. The van der Waals surface area contributed by atoms with Crippen LogP contribution in [0.1, 0.15) is 50.4 Å². The number of ketones is 1. The van der Waals surface area contributed by atoms with Crippen LogP contribution >= 0.6 is 0 Å². The molecule has 0 radical (unpaired) electrons. The number of hydrogen-bond donors (Lipinski definition) is 0. The van der Waals surface area contributed by atoms with Crippen molar-refractivity contribution in [3.05, 3.63) is 29.8 Å². The summed E-state index contributed by atoms with van der Waals surface area (Å²) >= 11 is 0. The highest BCUT2D eigenvalue weighted by molar-refractivity contribution is 5.94. The van der Waals surface area contributed by atoms with E-state index in [-0.39, 0.29) is 5.78 Å². The van der Waals surface area contributed by atoms with Crippen molar-refractivity contribution in [1.82, 2.24) is 0 Å². The lowest BCUT2D eigenvalue weighted by molar-refractivity contribution is 0.101. The van der Waals surface area contributed by atoms with Crippen LogP contribution < -0.4 is 4.90 Å². The van der Waals surface area contributed by atoms with Gasteiger partial charge in [-0.25, -0.2) is 0 Å². The Morgan fingerprint density at radius 3 is 2.15 bits per heavy atom. The molecule has 112 valence electrons. The number of ether oxygens (including phenoxy) is 1. The molecule has 1 aromatic carbocycles. The molecule has 0 amide bonds. The number of benzene rings is 1. The van der Waals surface area contributed by atoms with Gasteiger partial charge in [-0.3, -0.25) is 4.79 Å². The summed E-state index contributed by atoms with van der Waals surface area (Å²) in [7, 11) is 0. The van der Waals surface area contributed by atoms with Crippen LogP contribution in [0.25, 0.3) is 0 Å². The Morgan fingerprint density at radius 1 is 1.15 bits per heavy atom. The lowest BCUT2D eigenvalue weighted by atomic mass is 10.1. The van der Waals surface area contributed by atoms with Crippen LogP contribution in [-0.2, 0) is 4.74 Å². The number of Topliss-reactive ketones (excluding diaryl/α,β-unsaturated/α-hetero) is 1. The molecule has 1 aromatic rings. The summed E-state index contributed by atoms with van der Waals surface area (Å²) in [6.07, 6.45) is 3.71. The highest BCUT2D eigenvalue weighted by Crippen LogP contribution is 2.20. The molecule has 0 aromatic heterocycles. The van der Waals surface area contributed by atoms with E-state index in [0.717, 1.165) is 38.3 Å². The molecule has 0 atom stereocenters. The average Bonchev–Trinajstić information content (AvgIpc) is 3.00. The van der Waals surface area contributed by atoms with Crippen LogP contribution in [0.2, 0.25) is 0 Å². The summed E-state index contributed by atoms with van der Waals surface area (Å²) in [4.78, 5) is 13.4. The van der Waals surface area contributed by atoms with Gasteiger partial charge in [-0.15, -0.1) is 0 Å². The Kier molecular flexibility index (Phi) is 7.97. The second-order valence-electron chi connectivity index (χ2n) is 4.99. The van der Waals surface area contributed by atoms with E-state index >= 15 is 0 Å². The molecule has 0 spiro atoms. The second kappa shape index (κ2) is 9.54. The van der Waals surface area contributed by atoms with Crippen molar-refractivity contribution in [1.29, 1.82) is 0 Å². The first-order valence-electron chi connectivity index (χ1n) is 7.62. The maximum Gasteiger partial charge on any atom is 0.159 e. The van der Waals surface area contributed by atoms with Crippen molar-refractivity contribution < 1.29 is 9.53 Å². The largest absolute Gasteiger partial charge is 0.382 e. The Hall–Kier alpha value is -1.35. The van der Waals surface area contributed by atoms with Crippen molar-refractivity contribution >= 4 is 11.5 Å². The van der Waals surface area contributed by atoms with E-state index < -0.39 is 0 Å². The third kappa shape index (κ3) is 5.74. The lowest BCUT2D eigenvalue weighted by Gasteiger charge is -2.17. The van der Waals surface area contributed by atoms with E-state index in [2.05, 4.69) is 11.8 Å². The first kappa shape index (κ1) is 16.7. The fourth-order valence-corrected chi connectivity index (χ4v) is 2.17. The van der Waals surface area contributed by atoms with Crippen molar-refractivity contribution in [3.8, 4) is 0 Å². The minimum Gasteiger partial charge on any atom is -0.382 e. The van der Waals surface area contributed by atoms with E-state index in [4.69, 9.17) is 4.74 Å². The monoisotopic (exact) mass is 277 g/mol. The van der Waals surface area contributed by atoms with Gasteiger partial charge in [0.25, 0.3) is 0 Å². The summed E-state index contributed by atoms with van der Waals surface area (Å²) < 4.78 is 4.98. The molecule has 0 bridgehead atoms. The predicted molar refractivity (Wildman–Crippen MR) is 84.7 cm³/mol. The van der Waals surface area contributed by atoms with Crippen molar-refractivity contribution in [3.63, 3.8) is 0 Å². The fourth-order valence-electron chi connectivity index (χ4n) is 2.17. The fraction of sp³-hybridized carbons (Fsp3) is 0.588. The number of rotatable bonds is 5. The van der Waals surface area contributed by atoms with Gasteiger partial charge in [0.15, 0.2) is 5.78 Å². The highest BCUT2D eigenvalue weighted by atomic mass is 16.5. The van der Waals surface area contributed by atoms with Crippen LogP contribution in [0.4, 0.5) is 5.69 Å². The van der Waals surface area contributed by atoms with Crippen molar-refractivity contribution in [2.24, 2.45) is 0 Å². The van der Waals surface area contributed by atoms with Gasteiger partial charge in [-0.05, 0) is 57.4 Å². The zero-order valence-corrected chi connectivity index (χ0v) is 13.0. The van der Waals surface area contributed by atoms with Crippen LogP contribution in [-0.4, -0.2) is 32.1 Å². The van der Waals surface area contributed by atoms with Gasteiger partial charge < -0.3 is 9.64 Å². The average molecular weight is 277 g/mol. The molecule has 1 saturated heterocycles. The van der Waals surface area contributed by atoms with E-state index in [1.807, 2.05) is 31.2 Å². The number of anilines is 1. The van der Waals surface area contributed by atoms with Crippen LogP contribution in [0.5, 0.6) is 0 Å². The Morgan fingerprint density at radius 2 is 1.75 bits per heavy atom.